The highest BCUT2D eigenvalue weighted by Crippen LogP contribution is 2.21. The Hall–Kier alpha value is -0.693. The van der Waals surface area contributed by atoms with Crippen LogP contribution >= 0.6 is 0 Å². The molecule has 0 aromatic carbocycles. The van der Waals surface area contributed by atoms with Gasteiger partial charge < -0.3 is 18.0 Å². The summed E-state index contributed by atoms with van der Waals surface area (Å²) in [4.78, 5) is 11.6. The normalized spacial score (nSPS) is 12.0. The molecule has 0 aliphatic carbocycles. The largest absolute Gasteiger partial charge is 0.501 e. The molecule has 0 radical (unpaired) electrons. The molecule has 0 saturated carbocycles. The second kappa shape index (κ2) is 22.5. The average Bonchev–Trinajstić information content (AvgIpc) is 2.76. The van der Waals surface area contributed by atoms with Gasteiger partial charge in [0.05, 0.1) is 6.61 Å². The third-order valence-electron chi connectivity index (χ3n) is 5.13. The van der Waals surface area contributed by atoms with E-state index in [1.54, 1.807) is 6.08 Å². The van der Waals surface area contributed by atoms with Crippen LogP contribution in [-0.2, 0) is 22.8 Å². The second-order valence-electron chi connectivity index (χ2n) is 8.18. The van der Waals surface area contributed by atoms with Crippen molar-refractivity contribution in [3.8, 4) is 0 Å². The highest BCUT2D eigenvalue weighted by Gasteiger charge is 2.40. The molecule has 0 aliphatic rings. The monoisotopic (exact) mass is 458 g/mol. The molecule has 6 heteroatoms. The van der Waals surface area contributed by atoms with Gasteiger partial charge in [0.25, 0.3) is 0 Å². The first-order valence-electron chi connectivity index (χ1n) is 12.8. The zero-order valence-electron chi connectivity index (χ0n) is 20.9. The lowest BCUT2D eigenvalue weighted by molar-refractivity contribution is -0.137. The van der Waals surface area contributed by atoms with Crippen molar-refractivity contribution in [1.29, 1.82) is 0 Å². The molecule has 184 valence electrons. The predicted octanol–water partition coefficient (Wildman–Crippen LogP) is 7.23. The van der Waals surface area contributed by atoms with Gasteiger partial charge in [0, 0.05) is 31.9 Å². The summed E-state index contributed by atoms with van der Waals surface area (Å²) in [6, 6.07) is 0.700. The lowest BCUT2D eigenvalue weighted by Crippen LogP contribution is -2.47. The molecule has 0 N–H and O–H groups in total. The highest BCUT2D eigenvalue weighted by atomic mass is 28.4. The maximum absolute atomic E-state index is 11.6. The number of carbonyl (C=O) groups is 1. The van der Waals surface area contributed by atoms with Crippen molar-refractivity contribution in [1.82, 2.24) is 0 Å². The molecule has 0 unspecified atom stereocenters. The van der Waals surface area contributed by atoms with Gasteiger partial charge in [-0.1, -0.05) is 84.6 Å². The Morgan fingerprint density at radius 1 is 0.645 bits per heavy atom. The van der Waals surface area contributed by atoms with Crippen LogP contribution < -0.4 is 0 Å². The topological polar surface area (TPSA) is 54.0 Å². The molecule has 31 heavy (non-hydrogen) atoms. The van der Waals surface area contributed by atoms with Gasteiger partial charge in [0.15, 0.2) is 0 Å². The molecule has 0 spiro atoms. The van der Waals surface area contributed by atoms with Crippen LogP contribution in [0.1, 0.15) is 111 Å². The van der Waals surface area contributed by atoms with E-state index in [1.807, 2.05) is 6.92 Å². The zero-order valence-corrected chi connectivity index (χ0v) is 21.9. The number of hydrogen-bond acceptors (Lipinski definition) is 5. The Morgan fingerprint density at radius 3 is 1.48 bits per heavy atom. The van der Waals surface area contributed by atoms with E-state index in [9.17, 15) is 4.79 Å². The molecule has 0 aliphatic heterocycles. The standard InChI is InChI=1S/C25H50O5Si/c1-5-9-12-15-21-28-31(29-22-16-13-10-6-2,30-23-17-14-11-7-3)24-18-20-27-25(26)19-8-4/h8,19H,5-7,9-18,20-24H2,1-4H3. The quantitative estimate of drug-likeness (QED) is 0.0700. The van der Waals surface area contributed by atoms with Crippen molar-refractivity contribution < 1.29 is 22.8 Å². The van der Waals surface area contributed by atoms with Gasteiger partial charge in [-0.15, -0.1) is 0 Å². The fourth-order valence-corrected chi connectivity index (χ4v) is 5.88. The van der Waals surface area contributed by atoms with Gasteiger partial charge in [0.1, 0.15) is 0 Å². The van der Waals surface area contributed by atoms with E-state index in [2.05, 4.69) is 20.8 Å². The maximum atomic E-state index is 11.6. The molecular weight excluding hydrogens is 408 g/mol. The number of allylic oxidation sites excluding steroid dienone is 1. The Kier molecular flexibility index (Phi) is 22.0. The molecule has 0 atom stereocenters. The predicted molar refractivity (Wildman–Crippen MR) is 131 cm³/mol. The summed E-state index contributed by atoms with van der Waals surface area (Å²) in [6.45, 7) is 10.9. The zero-order chi connectivity index (χ0) is 23.0. The SMILES string of the molecule is CC=CC(=O)OCCC[Si](OCCCCCC)(OCCCCCC)OCCCCCC. The van der Waals surface area contributed by atoms with Crippen molar-refractivity contribution in [2.75, 3.05) is 26.4 Å². The summed E-state index contributed by atoms with van der Waals surface area (Å²) in [5, 5.41) is 0. The van der Waals surface area contributed by atoms with Gasteiger partial charge in [-0.05, 0) is 32.6 Å². The Morgan fingerprint density at radius 2 is 1.10 bits per heavy atom. The molecule has 0 fully saturated rings. The summed E-state index contributed by atoms with van der Waals surface area (Å²) in [5.74, 6) is -0.295. The first-order chi connectivity index (χ1) is 15.1. The fourth-order valence-electron chi connectivity index (χ4n) is 3.26. The third-order valence-corrected chi connectivity index (χ3v) is 8.03. The minimum absolute atomic E-state index is 0.295. The van der Waals surface area contributed by atoms with E-state index in [4.69, 9.17) is 18.0 Å². The lowest BCUT2D eigenvalue weighted by atomic mass is 10.2. The van der Waals surface area contributed by atoms with E-state index in [0.29, 0.717) is 38.9 Å². The van der Waals surface area contributed by atoms with Crippen molar-refractivity contribution >= 4 is 14.8 Å². The minimum Gasteiger partial charge on any atom is -0.463 e. The van der Waals surface area contributed by atoms with Crippen LogP contribution in [-0.4, -0.2) is 41.2 Å². The van der Waals surface area contributed by atoms with Crippen molar-refractivity contribution in [2.24, 2.45) is 0 Å². The summed E-state index contributed by atoms with van der Waals surface area (Å²) in [7, 11) is -2.78. The molecule has 0 amide bonds. The molecule has 0 bridgehead atoms. The van der Waals surface area contributed by atoms with Gasteiger partial charge in [-0.3, -0.25) is 0 Å². The summed E-state index contributed by atoms with van der Waals surface area (Å²) < 4.78 is 24.4. The molecule has 0 aromatic heterocycles. The number of ether oxygens (including phenoxy) is 1. The van der Waals surface area contributed by atoms with E-state index in [1.165, 1.54) is 63.9 Å². The summed E-state index contributed by atoms with van der Waals surface area (Å²) in [6.07, 6.45) is 17.8. The fraction of sp³-hybridized carbons (Fsp3) is 0.880. The van der Waals surface area contributed by atoms with Crippen LogP contribution in [0.25, 0.3) is 0 Å². The van der Waals surface area contributed by atoms with Crippen molar-refractivity contribution in [2.45, 2.75) is 117 Å². The van der Waals surface area contributed by atoms with E-state index < -0.39 is 8.80 Å². The van der Waals surface area contributed by atoms with Gasteiger partial charge >= 0.3 is 14.8 Å². The summed E-state index contributed by atoms with van der Waals surface area (Å²) >= 11 is 0. The number of rotatable bonds is 23. The highest BCUT2D eigenvalue weighted by molar-refractivity contribution is 6.60. The molecule has 0 rings (SSSR count). The molecular formula is C25H50O5Si. The van der Waals surface area contributed by atoms with E-state index in [-0.39, 0.29) is 5.97 Å². The smallest absolute Gasteiger partial charge is 0.463 e. The van der Waals surface area contributed by atoms with Gasteiger partial charge in [-0.25, -0.2) is 4.79 Å². The number of unbranched alkanes of at least 4 members (excludes halogenated alkanes) is 9. The number of hydrogen-bond donors (Lipinski definition) is 0. The minimum atomic E-state index is -2.78. The Labute approximate surface area is 193 Å². The van der Waals surface area contributed by atoms with Gasteiger partial charge in [-0.2, -0.15) is 0 Å². The van der Waals surface area contributed by atoms with E-state index in [0.717, 1.165) is 19.3 Å². The second-order valence-corrected chi connectivity index (χ2v) is 10.9. The Bertz CT molecular complexity index is 392. The van der Waals surface area contributed by atoms with Crippen LogP contribution in [0.15, 0.2) is 12.2 Å². The van der Waals surface area contributed by atoms with Crippen molar-refractivity contribution in [3.05, 3.63) is 12.2 Å². The van der Waals surface area contributed by atoms with Crippen LogP contribution in [0, 0.1) is 0 Å². The van der Waals surface area contributed by atoms with Gasteiger partial charge in [0.2, 0.25) is 0 Å². The first kappa shape index (κ1) is 30.3. The van der Waals surface area contributed by atoms with Crippen LogP contribution in [0.5, 0.6) is 0 Å². The van der Waals surface area contributed by atoms with Crippen molar-refractivity contribution in [3.63, 3.8) is 0 Å². The summed E-state index contributed by atoms with van der Waals surface area (Å²) in [5.41, 5.74) is 0. The van der Waals surface area contributed by atoms with E-state index >= 15 is 0 Å². The number of carbonyl (C=O) groups excluding carboxylic acids is 1. The molecule has 5 nitrogen and oxygen atoms in total. The molecule has 0 aromatic rings. The van der Waals surface area contributed by atoms with Crippen LogP contribution in [0.3, 0.4) is 0 Å². The Balaban J connectivity index is 4.84. The van der Waals surface area contributed by atoms with Crippen LogP contribution in [0.2, 0.25) is 6.04 Å². The first-order valence-corrected chi connectivity index (χ1v) is 14.8. The molecule has 0 saturated heterocycles. The van der Waals surface area contributed by atoms with Crippen LogP contribution in [0.4, 0.5) is 0 Å². The average molecular weight is 459 g/mol. The molecule has 0 heterocycles. The number of esters is 1. The maximum Gasteiger partial charge on any atom is 0.501 e. The lowest BCUT2D eigenvalue weighted by Gasteiger charge is -2.30. The third kappa shape index (κ3) is 18.6.